The van der Waals surface area contributed by atoms with Crippen molar-refractivity contribution in [3.05, 3.63) is 0 Å². The molecule has 0 bridgehead atoms. The average molecular weight is 421 g/mol. The molecule has 0 aromatic heterocycles. The van der Waals surface area contributed by atoms with Crippen molar-refractivity contribution in [3.63, 3.8) is 0 Å². The molecular weight excluding hydrogens is 398 g/mol. The van der Waals surface area contributed by atoms with Crippen molar-refractivity contribution in [2.45, 2.75) is 57.5 Å². The molecule has 0 unspecified atom stereocenters. The topological polar surface area (TPSA) is 158 Å². The van der Waals surface area contributed by atoms with Crippen LogP contribution in [0.1, 0.15) is 27.7 Å². The normalized spacial score (nSPS) is 26.6. The van der Waals surface area contributed by atoms with Crippen LogP contribution in [-0.2, 0) is 47.7 Å². The maximum absolute atomic E-state index is 11.6. The molecule has 0 aliphatic carbocycles. The van der Waals surface area contributed by atoms with E-state index in [2.05, 4.69) is 0 Å². The lowest BCUT2D eigenvalue weighted by molar-refractivity contribution is -0.237. The summed E-state index contributed by atoms with van der Waals surface area (Å²) in [5.41, 5.74) is 4.14. The predicted octanol–water partition coefficient (Wildman–Crippen LogP) is -0.712. The van der Waals surface area contributed by atoms with Crippen molar-refractivity contribution in [1.29, 1.82) is 0 Å². The molecule has 2 N–H and O–H groups in total. The number of esters is 4. The first-order valence-electron chi connectivity index (χ1n) is 8.21. The maximum atomic E-state index is 11.6. The smallest absolute Gasteiger partial charge is 0.303 e. The van der Waals surface area contributed by atoms with E-state index in [1.165, 1.54) is 6.92 Å². The first kappa shape index (κ1) is 23.7. The predicted molar refractivity (Wildman–Crippen MR) is 93.6 cm³/mol. The van der Waals surface area contributed by atoms with E-state index in [9.17, 15) is 24.0 Å². The molecule has 1 heterocycles. The number of carbonyl (C=O) groups is 5. The molecule has 1 saturated heterocycles. The summed E-state index contributed by atoms with van der Waals surface area (Å²) in [5, 5.41) is 0. The Morgan fingerprint density at radius 3 is 1.79 bits per heavy atom. The van der Waals surface area contributed by atoms with Crippen LogP contribution in [0.3, 0.4) is 0 Å². The lowest BCUT2D eigenvalue weighted by Gasteiger charge is -2.44. The van der Waals surface area contributed by atoms with E-state index in [1.54, 1.807) is 0 Å². The van der Waals surface area contributed by atoms with Crippen molar-refractivity contribution < 1.29 is 47.7 Å². The first-order chi connectivity index (χ1) is 13.0. The summed E-state index contributed by atoms with van der Waals surface area (Å²) in [4.78, 5) is 57.0. The Kier molecular flexibility index (Phi) is 9.19. The summed E-state index contributed by atoms with van der Waals surface area (Å²) < 4.78 is 26.4. The number of nitrogens with two attached hydrogens (primary N) is 1. The van der Waals surface area contributed by atoms with Gasteiger partial charge in [0.15, 0.2) is 18.3 Å². The highest BCUT2D eigenvalue weighted by Gasteiger charge is 2.52. The molecule has 0 aromatic carbocycles. The van der Waals surface area contributed by atoms with Gasteiger partial charge in [-0.1, -0.05) is 0 Å². The van der Waals surface area contributed by atoms with Crippen molar-refractivity contribution >= 4 is 41.5 Å². The molecule has 11 nitrogen and oxygen atoms in total. The van der Waals surface area contributed by atoms with Crippen LogP contribution in [0.2, 0.25) is 0 Å². The minimum absolute atomic E-state index is 0.187. The van der Waals surface area contributed by atoms with Gasteiger partial charge in [0, 0.05) is 27.7 Å². The number of hydrogen-bond donors (Lipinski definition) is 1. The van der Waals surface area contributed by atoms with Crippen LogP contribution in [0.4, 0.5) is 0 Å². The Morgan fingerprint density at radius 2 is 1.32 bits per heavy atom. The van der Waals surface area contributed by atoms with Gasteiger partial charge in [-0.3, -0.25) is 24.0 Å². The molecule has 12 heteroatoms. The summed E-state index contributed by atoms with van der Waals surface area (Å²) >= 11 is 0.899. The molecule has 158 valence electrons. The number of hydrogen-bond acceptors (Lipinski definition) is 11. The second kappa shape index (κ2) is 10.9. The Labute approximate surface area is 165 Å². The van der Waals surface area contributed by atoms with E-state index >= 15 is 0 Å². The van der Waals surface area contributed by atoms with Crippen LogP contribution in [-0.4, -0.2) is 72.0 Å². The van der Waals surface area contributed by atoms with Gasteiger partial charge in [-0.05, 0) is 0 Å². The second-order valence-corrected chi connectivity index (χ2v) is 6.93. The van der Waals surface area contributed by atoms with Gasteiger partial charge in [0.2, 0.25) is 5.91 Å². The molecule has 0 aromatic rings. The zero-order chi connectivity index (χ0) is 21.4. The van der Waals surface area contributed by atoms with Gasteiger partial charge in [-0.25, -0.2) is 0 Å². The molecule has 0 radical (unpaired) electrons. The number of ether oxygens (including phenoxy) is 5. The molecule has 0 spiro atoms. The third-order valence-corrected chi connectivity index (χ3v) is 4.50. The van der Waals surface area contributed by atoms with Crippen LogP contribution in [0.25, 0.3) is 0 Å². The summed E-state index contributed by atoms with van der Waals surface area (Å²) in [7, 11) is 0. The molecule has 5 atom stereocenters. The highest BCUT2D eigenvalue weighted by Crippen LogP contribution is 2.34. The van der Waals surface area contributed by atoms with E-state index in [0.29, 0.717) is 0 Å². The van der Waals surface area contributed by atoms with E-state index in [1.807, 2.05) is 0 Å². The molecule has 1 aliphatic heterocycles. The van der Waals surface area contributed by atoms with Crippen LogP contribution >= 0.6 is 11.8 Å². The molecule has 1 aliphatic rings. The standard InChI is InChI=1S/C16H23NO10S/c1-7(18)23-5-11-13(24-8(2)19)14(25-9(3)20)15(26-10(4)21)16(27-11)28-6-12(17)22/h11,13-16H,5-6H2,1-4H3,(H2,17,22)/t11-,13-,14+,15+,16-/m1/s1. The van der Waals surface area contributed by atoms with Crippen molar-refractivity contribution in [2.24, 2.45) is 5.73 Å². The molecule has 1 rings (SSSR count). The average Bonchev–Trinajstić information content (AvgIpc) is 2.54. The SMILES string of the molecule is CC(=O)OC[C@H]1O[C@H](SCC(N)=O)[C@@H](OC(C)=O)[C@@H](OC(C)=O)[C@@H]1OC(C)=O. The Morgan fingerprint density at radius 1 is 0.821 bits per heavy atom. The molecule has 0 saturated carbocycles. The van der Waals surface area contributed by atoms with Gasteiger partial charge in [0.05, 0.1) is 5.75 Å². The van der Waals surface area contributed by atoms with Gasteiger partial charge in [0.1, 0.15) is 18.1 Å². The number of amides is 1. The monoisotopic (exact) mass is 421 g/mol. The van der Waals surface area contributed by atoms with Gasteiger partial charge in [-0.2, -0.15) is 0 Å². The summed E-state index contributed by atoms with van der Waals surface area (Å²) in [6, 6.07) is 0. The van der Waals surface area contributed by atoms with E-state index in [-0.39, 0.29) is 12.4 Å². The van der Waals surface area contributed by atoms with Gasteiger partial charge < -0.3 is 29.4 Å². The van der Waals surface area contributed by atoms with E-state index < -0.39 is 59.6 Å². The van der Waals surface area contributed by atoms with Crippen LogP contribution in [0.5, 0.6) is 0 Å². The van der Waals surface area contributed by atoms with E-state index in [4.69, 9.17) is 29.4 Å². The van der Waals surface area contributed by atoms with Crippen molar-refractivity contribution in [3.8, 4) is 0 Å². The minimum atomic E-state index is -1.26. The number of thioether (sulfide) groups is 1. The fourth-order valence-corrected chi connectivity index (χ4v) is 3.44. The lowest BCUT2D eigenvalue weighted by atomic mass is 9.99. The number of rotatable bonds is 8. The first-order valence-corrected chi connectivity index (χ1v) is 9.26. The minimum Gasteiger partial charge on any atom is -0.463 e. The van der Waals surface area contributed by atoms with Crippen LogP contribution in [0, 0.1) is 0 Å². The molecular formula is C16H23NO10S. The number of primary amides is 1. The van der Waals surface area contributed by atoms with Crippen molar-refractivity contribution in [1.82, 2.24) is 0 Å². The molecule has 1 amide bonds. The third kappa shape index (κ3) is 7.72. The summed E-state index contributed by atoms with van der Waals surface area (Å²) in [6.45, 7) is 4.23. The maximum Gasteiger partial charge on any atom is 0.303 e. The summed E-state index contributed by atoms with van der Waals surface area (Å²) in [6.07, 6.45) is -4.74. The Balaban J connectivity index is 3.26. The van der Waals surface area contributed by atoms with Gasteiger partial charge in [0.25, 0.3) is 0 Å². The van der Waals surface area contributed by atoms with Crippen molar-refractivity contribution in [2.75, 3.05) is 12.4 Å². The van der Waals surface area contributed by atoms with E-state index in [0.717, 1.165) is 32.5 Å². The summed E-state index contributed by atoms with van der Waals surface area (Å²) in [5.74, 6) is -3.62. The Hall–Kier alpha value is -2.34. The largest absolute Gasteiger partial charge is 0.463 e. The van der Waals surface area contributed by atoms with Gasteiger partial charge >= 0.3 is 23.9 Å². The highest BCUT2D eigenvalue weighted by molar-refractivity contribution is 8.00. The fraction of sp³-hybridized carbons (Fsp3) is 0.688. The fourth-order valence-electron chi connectivity index (χ4n) is 2.49. The molecule has 1 fully saturated rings. The van der Waals surface area contributed by atoms with Crippen LogP contribution < -0.4 is 5.73 Å². The zero-order valence-corrected chi connectivity index (χ0v) is 16.7. The zero-order valence-electron chi connectivity index (χ0n) is 15.9. The Bertz CT molecular complexity index is 581. The third-order valence-electron chi connectivity index (χ3n) is 3.34. The second-order valence-electron chi connectivity index (χ2n) is 5.84. The molecule has 28 heavy (non-hydrogen) atoms. The van der Waals surface area contributed by atoms with Crippen LogP contribution in [0.15, 0.2) is 0 Å². The lowest BCUT2D eigenvalue weighted by Crippen LogP contribution is -2.61. The quantitative estimate of drug-likeness (QED) is 0.390. The van der Waals surface area contributed by atoms with Gasteiger partial charge in [-0.15, -0.1) is 11.8 Å². The highest BCUT2D eigenvalue weighted by atomic mass is 32.2. The number of carbonyl (C=O) groups excluding carboxylic acids is 5.